The molecule has 0 aromatic heterocycles. The zero-order valence-electron chi connectivity index (χ0n) is 11.8. The zero-order valence-corrected chi connectivity index (χ0v) is 12.7. The maximum Gasteiger partial charge on any atom is 0.222 e. The van der Waals surface area contributed by atoms with Crippen molar-refractivity contribution in [2.75, 3.05) is 19.7 Å². The van der Waals surface area contributed by atoms with Crippen molar-refractivity contribution < 1.29 is 9.53 Å². The van der Waals surface area contributed by atoms with Crippen molar-refractivity contribution in [3.63, 3.8) is 0 Å². The zero-order chi connectivity index (χ0) is 13.0. The number of rotatable bonds is 4. The number of hydrogen-bond donors (Lipinski definition) is 1. The molecular weight excluding hydrogens is 264 g/mol. The Kier molecular flexibility index (Phi) is 7.11. The second-order valence-electron chi connectivity index (χ2n) is 5.77. The fourth-order valence-corrected chi connectivity index (χ4v) is 2.98. The van der Waals surface area contributed by atoms with E-state index in [0.717, 1.165) is 51.8 Å². The Morgan fingerprint density at radius 1 is 1.42 bits per heavy atom. The lowest BCUT2D eigenvalue weighted by Gasteiger charge is -2.34. The number of hydrogen-bond acceptors (Lipinski definition) is 3. The van der Waals surface area contributed by atoms with Crippen LogP contribution in [0.5, 0.6) is 0 Å². The molecule has 2 aliphatic rings. The van der Waals surface area contributed by atoms with Gasteiger partial charge in [0.2, 0.25) is 5.91 Å². The molecule has 3 atom stereocenters. The number of nitrogens with zero attached hydrogens (tertiary/aromatic N) is 1. The highest BCUT2D eigenvalue weighted by atomic mass is 35.5. The number of piperidine rings is 1. The van der Waals surface area contributed by atoms with Gasteiger partial charge in [-0.05, 0) is 44.9 Å². The summed E-state index contributed by atoms with van der Waals surface area (Å²) < 4.78 is 5.56. The number of carbonyl (C=O) groups is 1. The molecule has 19 heavy (non-hydrogen) atoms. The van der Waals surface area contributed by atoms with Gasteiger partial charge in [0.05, 0.1) is 6.10 Å². The van der Waals surface area contributed by atoms with Gasteiger partial charge in [0, 0.05) is 32.2 Å². The first kappa shape index (κ1) is 16.7. The molecule has 1 amide bonds. The second-order valence-corrected chi connectivity index (χ2v) is 5.77. The lowest BCUT2D eigenvalue weighted by molar-refractivity contribution is -0.133. The molecule has 0 spiro atoms. The summed E-state index contributed by atoms with van der Waals surface area (Å²) in [6, 6.07) is 0.193. The van der Waals surface area contributed by atoms with Gasteiger partial charge in [-0.3, -0.25) is 4.79 Å². The highest BCUT2D eigenvalue weighted by Gasteiger charge is 2.26. The van der Waals surface area contributed by atoms with Gasteiger partial charge >= 0.3 is 0 Å². The average molecular weight is 291 g/mol. The third-order valence-corrected chi connectivity index (χ3v) is 4.26. The highest BCUT2D eigenvalue weighted by Crippen LogP contribution is 2.21. The first-order valence-electron chi connectivity index (χ1n) is 7.32. The van der Waals surface area contributed by atoms with Crippen LogP contribution in [0.25, 0.3) is 0 Å². The summed E-state index contributed by atoms with van der Waals surface area (Å²) in [5.41, 5.74) is 5.95. The van der Waals surface area contributed by atoms with E-state index >= 15 is 0 Å². The van der Waals surface area contributed by atoms with Gasteiger partial charge in [-0.15, -0.1) is 12.4 Å². The number of carbonyl (C=O) groups excluding carboxylic acids is 1. The maximum atomic E-state index is 12.2. The molecule has 4 nitrogen and oxygen atoms in total. The lowest BCUT2D eigenvalue weighted by atomic mass is 9.92. The van der Waals surface area contributed by atoms with E-state index in [1.54, 1.807) is 0 Å². The van der Waals surface area contributed by atoms with Gasteiger partial charge in [0.15, 0.2) is 0 Å². The lowest BCUT2D eigenvalue weighted by Crippen LogP contribution is -2.45. The second kappa shape index (κ2) is 8.08. The summed E-state index contributed by atoms with van der Waals surface area (Å²) >= 11 is 0. The molecule has 2 saturated heterocycles. The molecule has 2 aliphatic heterocycles. The van der Waals surface area contributed by atoms with Crippen LogP contribution in [-0.2, 0) is 9.53 Å². The topological polar surface area (TPSA) is 55.6 Å². The molecule has 2 rings (SSSR count). The standard InChI is InChI=1S/C14H26N2O2.ClH/c1-11(15)12-4-2-8-16(10-12)14(17)7-6-13-5-3-9-18-13;/h11-13H,2-10,15H2,1H3;1H. The molecule has 2 N–H and O–H groups in total. The van der Waals surface area contributed by atoms with Crippen LogP contribution in [0.15, 0.2) is 0 Å². The molecule has 0 aliphatic carbocycles. The van der Waals surface area contributed by atoms with Crippen LogP contribution < -0.4 is 5.73 Å². The Morgan fingerprint density at radius 3 is 2.84 bits per heavy atom. The maximum absolute atomic E-state index is 12.2. The minimum atomic E-state index is 0. The summed E-state index contributed by atoms with van der Waals surface area (Å²) in [5.74, 6) is 0.765. The quantitative estimate of drug-likeness (QED) is 0.861. The molecule has 2 fully saturated rings. The number of amides is 1. The summed E-state index contributed by atoms with van der Waals surface area (Å²) in [6.07, 6.45) is 6.37. The average Bonchev–Trinajstić information content (AvgIpc) is 2.89. The Labute approximate surface area is 122 Å². The van der Waals surface area contributed by atoms with E-state index in [-0.39, 0.29) is 24.4 Å². The predicted octanol–water partition coefficient (Wildman–Crippen LogP) is 1.95. The van der Waals surface area contributed by atoms with E-state index in [2.05, 4.69) is 0 Å². The Balaban J connectivity index is 0.00000180. The van der Waals surface area contributed by atoms with Gasteiger partial charge < -0.3 is 15.4 Å². The molecule has 3 unspecified atom stereocenters. The van der Waals surface area contributed by atoms with Gasteiger partial charge in [-0.1, -0.05) is 0 Å². The first-order valence-corrected chi connectivity index (χ1v) is 7.32. The number of ether oxygens (including phenoxy) is 1. The van der Waals surface area contributed by atoms with Gasteiger partial charge in [0.1, 0.15) is 0 Å². The van der Waals surface area contributed by atoms with Crippen molar-refractivity contribution in [1.82, 2.24) is 4.90 Å². The molecule has 0 aromatic carbocycles. The van der Waals surface area contributed by atoms with E-state index in [0.29, 0.717) is 18.4 Å². The van der Waals surface area contributed by atoms with Crippen LogP contribution in [0.2, 0.25) is 0 Å². The van der Waals surface area contributed by atoms with Crippen molar-refractivity contribution >= 4 is 18.3 Å². The van der Waals surface area contributed by atoms with Gasteiger partial charge in [0.25, 0.3) is 0 Å². The molecule has 112 valence electrons. The number of nitrogens with two attached hydrogens (primary N) is 1. The Morgan fingerprint density at radius 2 is 2.21 bits per heavy atom. The minimum Gasteiger partial charge on any atom is -0.378 e. The monoisotopic (exact) mass is 290 g/mol. The van der Waals surface area contributed by atoms with Crippen LogP contribution in [0.3, 0.4) is 0 Å². The van der Waals surface area contributed by atoms with Crippen LogP contribution in [0.1, 0.15) is 45.4 Å². The van der Waals surface area contributed by atoms with Crippen LogP contribution >= 0.6 is 12.4 Å². The highest BCUT2D eigenvalue weighted by molar-refractivity contribution is 5.85. The summed E-state index contributed by atoms with van der Waals surface area (Å²) in [6.45, 7) is 4.68. The summed E-state index contributed by atoms with van der Waals surface area (Å²) in [4.78, 5) is 14.2. The van der Waals surface area contributed by atoms with E-state index in [1.807, 2.05) is 11.8 Å². The van der Waals surface area contributed by atoms with Crippen LogP contribution in [0, 0.1) is 5.92 Å². The third kappa shape index (κ3) is 4.93. The molecule has 5 heteroatoms. The predicted molar refractivity (Wildman–Crippen MR) is 78.4 cm³/mol. The SMILES string of the molecule is CC(N)C1CCCN(C(=O)CCC2CCCO2)C1.Cl. The van der Waals surface area contributed by atoms with Crippen molar-refractivity contribution in [3.05, 3.63) is 0 Å². The van der Waals surface area contributed by atoms with Crippen LogP contribution in [0.4, 0.5) is 0 Å². The van der Waals surface area contributed by atoms with Crippen molar-refractivity contribution in [2.24, 2.45) is 11.7 Å². The van der Waals surface area contributed by atoms with E-state index in [4.69, 9.17) is 10.5 Å². The molecule has 0 radical (unpaired) electrons. The third-order valence-electron chi connectivity index (χ3n) is 4.26. The number of likely N-dealkylation sites (tertiary alicyclic amines) is 1. The van der Waals surface area contributed by atoms with E-state index < -0.39 is 0 Å². The largest absolute Gasteiger partial charge is 0.378 e. The molecule has 0 saturated carbocycles. The summed E-state index contributed by atoms with van der Waals surface area (Å²) in [7, 11) is 0. The Hall–Kier alpha value is -0.320. The smallest absolute Gasteiger partial charge is 0.222 e. The molecule has 0 bridgehead atoms. The Bertz CT molecular complexity index is 281. The van der Waals surface area contributed by atoms with Gasteiger partial charge in [-0.25, -0.2) is 0 Å². The first-order chi connectivity index (χ1) is 8.66. The van der Waals surface area contributed by atoms with Gasteiger partial charge in [-0.2, -0.15) is 0 Å². The molecule has 2 heterocycles. The van der Waals surface area contributed by atoms with E-state index in [9.17, 15) is 4.79 Å². The molecule has 0 aromatic rings. The fraction of sp³-hybridized carbons (Fsp3) is 0.929. The fourth-order valence-electron chi connectivity index (χ4n) is 2.98. The van der Waals surface area contributed by atoms with Crippen LogP contribution in [-0.4, -0.2) is 42.6 Å². The normalized spacial score (nSPS) is 28.8. The molecular formula is C14H27ClN2O2. The minimum absolute atomic E-state index is 0. The van der Waals surface area contributed by atoms with E-state index in [1.165, 1.54) is 0 Å². The van der Waals surface area contributed by atoms with Crippen molar-refractivity contribution in [1.29, 1.82) is 0 Å². The van der Waals surface area contributed by atoms with Crippen molar-refractivity contribution in [3.8, 4) is 0 Å². The van der Waals surface area contributed by atoms with Crippen molar-refractivity contribution in [2.45, 2.75) is 57.6 Å². The summed E-state index contributed by atoms with van der Waals surface area (Å²) in [5, 5.41) is 0. The number of halogens is 1.